The molecule has 0 saturated carbocycles. The van der Waals surface area contributed by atoms with Gasteiger partial charge in [0.1, 0.15) is 0 Å². The minimum Gasteiger partial charge on any atom is -1.00 e. The zero-order chi connectivity index (χ0) is 34.6. The van der Waals surface area contributed by atoms with Crippen LogP contribution in [-0.4, -0.2) is 27.4 Å². The van der Waals surface area contributed by atoms with Gasteiger partial charge in [0.2, 0.25) is 0 Å². The smallest absolute Gasteiger partial charge is 1.00 e. The number of fused-ring (bicyclic) bond motifs is 2. The van der Waals surface area contributed by atoms with Gasteiger partial charge in [0.05, 0.1) is 0 Å². The van der Waals surface area contributed by atoms with Gasteiger partial charge in [-0.3, -0.25) is 0 Å². The van der Waals surface area contributed by atoms with Crippen LogP contribution in [0, 0.1) is 0 Å². The average molecular weight is 830 g/mol. The molecule has 0 bridgehead atoms. The van der Waals surface area contributed by atoms with Gasteiger partial charge in [-0.1, -0.05) is 0 Å². The van der Waals surface area contributed by atoms with Crippen molar-refractivity contribution < 1.29 is 47.6 Å². The van der Waals surface area contributed by atoms with Gasteiger partial charge >= 0.3 is 307 Å². The Morgan fingerprint density at radius 1 is 0.760 bits per heavy atom. The van der Waals surface area contributed by atoms with E-state index in [1.165, 1.54) is 23.1 Å². The van der Waals surface area contributed by atoms with Crippen molar-refractivity contribution in [2.24, 2.45) is 0 Å². The minimum absolute atomic E-state index is 0. The molecule has 3 aromatic rings. The molecular formula is C44H55Cl2Si3Zr. The molecule has 50 heavy (non-hydrogen) atoms. The number of benzene rings is 3. The van der Waals surface area contributed by atoms with Gasteiger partial charge in [-0.15, -0.1) is 0 Å². The van der Waals surface area contributed by atoms with Crippen LogP contribution >= 0.6 is 0 Å². The largest absolute Gasteiger partial charge is 1.00 e. The summed E-state index contributed by atoms with van der Waals surface area (Å²) in [6.45, 7) is 28.5. The van der Waals surface area contributed by atoms with Crippen LogP contribution < -0.4 is 40.4 Å². The maximum atomic E-state index is 2.83. The molecule has 1 unspecified atom stereocenters. The van der Waals surface area contributed by atoms with E-state index in [0.717, 1.165) is 12.8 Å². The van der Waals surface area contributed by atoms with E-state index < -0.39 is 47.0 Å². The Hall–Kier alpha value is -1.66. The fraction of sp³-hybridized carbons (Fsp3) is 0.341. The second-order valence-corrected chi connectivity index (χ2v) is 35.6. The first-order valence-electron chi connectivity index (χ1n) is 18.1. The minimum atomic E-state index is -1.80. The molecule has 3 aliphatic rings. The summed E-state index contributed by atoms with van der Waals surface area (Å²) in [4.78, 5) is 0. The molecule has 0 fully saturated rings. The Balaban J connectivity index is 0.00000281. The third-order valence-electron chi connectivity index (χ3n) is 11.0. The Morgan fingerprint density at radius 2 is 1.34 bits per heavy atom. The summed E-state index contributed by atoms with van der Waals surface area (Å²) in [6.07, 6.45) is 13.4. The summed E-state index contributed by atoms with van der Waals surface area (Å²) < 4.78 is 3.32. The molecule has 0 saturated heterocycles. The van der Waals surface area contributed by atoms with Gasteiger partial charge < -0.3 is 24.8 Å². The van der Waals surface area contributed by atoms with E-state index in [9.17, 15) is 0 Å². The molecule has 3 aliphatic carbocycles. The van der Waals surface area contributed by atoms with Crippen molar-refractivity contribution in [3.63, 3.8) is 0 Å². The number of rotatable bonds is 9. The number of hydrogen-bond acceptors (Lipinski definition) is 0. The first kappa shape index (κ1) is 41.1. The standard InChI is InChI=1S/C31H45Si3.C13H10.2ClH.Zr/c1-12-22-18-24-20-26-25(29(24)27(19-22)32(3,4)5)21-28(33(6,7)8)31(13-2,34(9,10)11)30(26)23-16-14-15-17-23;1-3-7-12(8-4-1)11-13-9-5-2-6-10-13;;;/h14-16,18-19,21H,12-13,17H2,1-11H3;1-10H;2*1H;/q;;;;+2/p-2. The molecule has 6 heteroatoms. The Labute approximate surface area is 329 Å². The molecule has 0 N–H and O–H groups in total. The molecule has 0 heterocycles. The van der Waals surface area contributed by atoms with Crippen molar-refractivity contribution in [1.29, 1.82) is 0 Å². The predicted molar refractivity (Wildman–Crippen MR) is 218 cm³/mol. The van der Waals surface area contributed by atoms with E-state index in [4.69, 9.17) is 0 Å². The predicted octanol–water partition coefficient (Wildman–Crippen LogP) is 3.92. The molecule has 0 amide bonds. The van der Waals surface area contributed by atoms with E-state index >= 15 is 0 Å². The van der Waals surface area contributed by atoms with Crippen LogP contribution in [0.4, 0.5) is 0 Å². The summed E-state index contributed by atoms with van der Waals surface area (Å²) in [7, 11) is -5.23. The van der Waals surface area contributed by atoms with E-state index in [1.807, 2.05) is 5.20 Å². The summed E-state index contributed by atoms with van der Waals surface area (Å²) in [5, 5.41) is 6.80. The van der Waals surface area contributed by atoms with Gasteiger partial charge in [0.25, 0.3) is 0 Å². The fourth-order valence-corrected chi connectivity index (χ4v) is 21.7. The van der Waals surface area contributed by atoms with Crippen molar-refractivity contribution in [3.05, 3.63) is 146 Å². The number of hydrogen-bond donors (Lipinski definition) is 0. The molecule has 0 aliphatic heterocycles. The summed E-state index contributed by atoms with van der Waals surface area (Å²) in [6, 6.07) is 28.0. The van der Waals surface area contributed by atoms with E-state index in [2.05, 4.69) is 170 Å². The van der Waals surface area contributed by atoms with Crippen molar-refractivity contribution in [1.82, 2.24) is 0 Å². The average Bonchev–Trinajstić information content (AvgIpc) is 3.68. The molecule has 0 spiro atoms. The zero-order valence-electron chi connectivity index (χ0n) is 32.1. The van der Waals surface area contributed by atoms with E-state index in [-0.39, 0.29) is 29.9 Å². The molecule has 3 aromatic carbocycles. The van der Waals surface area contributed by atoms with Crippen LogP contribution in [0.25, 0.3) is 8.85 Å². The monoisotopic (exact) mass is 827 g/mol. The summed E-state index contributed by atoms with van der Waals surface area (Å²) in [5.74, 6) is 0. The molecule has 6 rings (SSSR count). The number of halogens is 2. The summed E-state index contributed by atoms with van der Waals surface area (Å²) in [5.41, 5.74) is 10.9. The van der Waals surface area contributed by atoms with Crippen LogP contribution in [0.15, 0.2) is 119 Å². The maximum absolute atomic E-state index is 2.83. The number of aryl methyl sites for hydroxylation is 1. The van der Waals surface area contributed by atoms with Crippen LogP contribution in [0.1, 0.15) is 43.4 Å². The zero-order valence-corrected chi connectivity index (χ0v) is 39.1. The van der Waals surface area contributed by atoms with Crippen molar-refractivity contribution in [2.75, 3.05) is 0 Å². The van der Waals surface area contributed by atoms with Gasteiger partial charge in [-0.25, -0.2) is 0 Å². The third-order valence-corrected chi connectivity index (χ3v) is 22.8. The van der Waals surface area contributed by atoms with Crippen LogP contribution in [-0.2, 0) is 29.2 Å². The number of allylic oxidation sites excluding steroid dienone is 8. The first-order chi connectivity index (χ1) is 22.6. The third kappa shape index (κ3) is 7.16. The van der Waals surface area contributed by atoms with E-state index in [0.29, 0.717) is 0 Å². The van der Waals surface area contributed by atoms with Crippen molar-refractivity contribution >= 4 is 41.5 Å². The topological polar surface area (TPSA) is 0 Å². The van der Waals surface area contributed by atoms with Crippen molar-refractivity contribution in [2.45, 2.75) is 97.1 Å². The van der Waals surface area contributed by atoms with Crippen LogP contribution in [0.2, 0.25) is 64.0 Å². The second-order valence-electron chi connectivity index (χ2n) is 17.1. The van der Waals surface area contributed by atoms with E-state index in [1.54, 1.807) is 44.4 Å². The van der Waals surface area contributed by atoms with Gasteiger partial charge in [0.15, 0.2) is 0 Å². The fourth-order valence-electron chi connectivity index (χ4n) is 8.77. The molecular weight excluding hydrogens is 775 g/mol. The summed E-state index contributed by atoms with van der Waals surface area (Å²) >= 11 is -1.36. The Kier molecular flexibility index (Phi) is 12.6. The Morgan fingerprint density at radius 3 is 1.78 bits per heavy atom. The normalized spacial score (nSPS) is 18.5. The van der Waals surface area contributed by atoms with Gasteiger partial charge in [-0.05, 0) is 0 Å². The van der Waals surface area contributed by atoms with Gasteiger partial charge in [-0.2, -0.15) is 0 Å². The SMILES string of the molecule is CCc1cc([Si](C)(C)C)c2c(c1)=[C]([Zr+2]=[C](c1ccccc1)c1ccccc1)C1=C(C3=CC=CC3)C(CC)([Si](C)(C)C)C([Si](C)(C)C)=CC=21.[Cl-].[Cl-]. The van der Waals surface area contributed by atoms with Crippen LogP contribution in [0.5, 0.6) is 0 Å². The quantitative estimate of drug-likeness (QED) is 0.288. The molecule has 0 nitrogen and oxygen atoms in total. The van der Waals surface area contributed by atoms with Gasteiger partial charge in [0, 0.05) is 0 Å². The molecule has 0 radical (unpaired) electrons. The van der Waals surface area contributed by atoms with Crippen molar-refractivity contribution in [3.8, 4) is 0 Å². The van der Waals surface area contributed by atoms with Crippen LogP contribution in [0.3, 0.4) is 0 Å². The maximum Gasteiger partial charge on any atom is -1.00 e. The molecule has 1 atom stereocenters. The molecule has 261 valence electrons. The Bertz CT molecular complexity index is 2010. The first-order valence-corrected chi connectivity index (χ1v) is 31.1. The molecule has 0 aromatic heterocycles. The second kappa shape index (κ2) is 15.4.